The van der Waals surface area contributed by atoms with Gasteiger partial charge in [-0.25, -0.2) is 9.37 Å². The van der Waals surface area contributed by atoms with Gasteiger partial charge in [-0.3, -0.25) is 4.79 Å². The zero-order valence-corrected chi connectivity index (χ0v) is 18.8. The largest absolute Gasteiger partial charge is 0.449 e. The molecular formula is C27H26FN3O2. The number of amides is 1. The van der Waals surface area contributed by atoms with Crippen molar-refractivity contribution in [2.24, 2.45) is 0 Å². The van der Waals surface area contributed by atoms with Crippen LogP contribution < -0.4 is 5.32 Å². The highest BCUT2D eigenvalue weighted by atomic mass is 19.1. The van der Waals surface area contributed by atoms with Crippen LogP contribution in [0.4, 0.5) is 10.1 Å². The summed E-state index contributed by atoms with van der Waals surface area (Å²) in [6.07, 6.45) is 6.34. The van der Waals surface area contributed by atoms with Gasteiger partial charge in [-0.05, 0) is 80.3 Å². The summed E-state index contributed by atoms with van der Waals surface area (Å²) in [6.45, 7) is 3.99. The topological polar surface area (TPSA) is 60.1 Å². The second kappa shape index (κ2) is 8.70. The van der Waals surface area contributed by atoms with Gasteiger partial charge in [-0.15, -0.1) is 0 Å². The van der Waals surface area contributed by atoms with Gasteiger partial charge in [0, 0.05) is 17.3 Å². The van der Waals surface area contributed by atoms with Gasteiger partial charge in [-0.2, -0.15) is 0 Å². The number of rotatable bonds is 5. The molecule has 0 radical (unpaired) electrons. The second-order valence-electron chi connectivity index (χ2n) is 8.66. The Kier molecular flexibility index (Phi) is 5.58. The Morgan fingerprint density at radius 3 is 2.58 bits per heavy atom. The minimum Gasteiger partial charge on any atom is -0.449 e. The van der Waals surface area contributed by atoms with Gasteiger partial charge in [-0.1, -0.05) is 25.0 Å². The molecule has 5 nitrogen and oxygen atoms in total. The number of aryl methyl sites for hydroxylation is 1. The number of imidazole rings is 1. The van der Waals surface area contributed by atoms with Gasteiger partial charge in [0.2, 0.25) is 0 Å². The van der Waals surface area contributed by atoms with Crippen LogP contribution in [0.5, 0.6) is 0 Å². The molecule has 168 valence electrons. The van der Waals surface area contributed by atoms with Crippen LogP contribution in [0.1, 0.15) is 53.4 Å². The molecule has 0 unspecified atom stereocenters. The summed E-state index contributed by atoms with van der Waals surface area (Å²) in [5.41, 5.74) is 5.24. The number of nitrogens with zero attached hydrogens (tertiary/aromatic N) is 2. The minimum absolute atomic E-state index is 0.232. The predicted octanol–water partition coefficient (Wildman–Crippen LogP) is 6.93. The van der Waals surface area contributed by atoms with Crippen LogP contribution in [0, 0.1) is 19.7 Å². The minimum atomic E-state index is -0.301. The maximum absolute atomic E-state index is 13.5. The van der Waals surface area contributed by atoms with Gasteiger partial charge in [0.1, 0.15) is 11.5 Å². The lowest BCUT2D eigenvalue weighted by Gasteiger charge is -2.15. The van der Waals surface area contributed by atoms with Crippen molar-refractivity contribution >= 4 is 11.6 Å². The zero-order valence-electron chi connectivity index (χ0n) is 18.8. The van der Waals surface area contributed by atoms with Crippen molar-refractivity contribution in [3.63, 3.8) is 0 Å². The predicted molar refractivity (Wildman–Crippen MR) is 127 cm³/mol. The van der Waals surface area contributed by atoms with E-state index in [1.807, 2.05) is 44.4 Å². The molecule has 6 heteroatoms. The fourth-order valence-electron chi connectivity index (χ4n) is 4.54. The third-order valence-corrected chi connectivity index (χ3v) is 6.55. The lowest BCUT2D eigenvalue weighted by atomic mass is 10.1. The second-order valence-corrected chi connectivity index (χ2v) is 8.66. The summed E-state index contributed by atoms with van der Waals surface area (Å²) >= 11 is 0. The fourth-order valence-corrected chi connectivity index (χ4v) is 4.54. The first-order chi connectivity index (χ1) is 16.0. The highest BCUT2D eigenvalue weighted by molar-refractivity contribution is 6.03. The quantitative estimate of drug-likeness (QED) is 0.364. The number of halogens is 1. The van der Waals surface area contributed by atoms with Crippen LogP contribution in [-0.2, 0) is 0 Å². The van der Waals surface area contributed by atoms with E-state index in [0.717, 1.165) is 46.6 Å². The highest BCUT2D eigenvalue weighted by Gasteiger charge is 2.26. The van der Waals surface area contributed by atoms with Crippen molar-refractivity contribution in [3.05, 3.63) is 83.6 Å². The van der Waals surface area contributed by atoms with Crippen LogP contribution >= 0.6 is 0 Å². The van der Waals surface area contributed by atoms with Crippen molar-refractivity contribution in [3.8, 4) is 22.7 Å². The molecule has 2 aromatic carbocycles. The molecule has 0 saturated heterocycles. The lowest BCUT2D eigenvalue weighted by Crippen LogP contribution is -2.12. The maximum Gasteiger partial charge on any atom is 0.291 e. The molecule has 2 heterocycles. The number of anilines is 1. The highest BCUT2D eigenvalue weighted by Crippen LogP contribution is 2.39. The van der Waals surface area contributed by atoms with Gasteiger partial charge >= 0.3 is 0 Å². The van der Waals surface area contributed by atoms with Crippen molar-refractivity contribution < 1.29 is 13.6 Å². The molecule has 1 fully saturated rings. The average molecular weight is 444 g/mol. The Morgan fingerprint density at radius 1 is 1.06 bits per heavy atom. The van der Waals surface area contributed by atoms with Crippen LogP contribution in [0.3, 0.4) is 0 Å². The number of carbonyl (C=O) groups is 1. The summed E-state index contributed by atoms with van der Waals surface area (Å²) in [4.78, 5) is 17.6. The van der Waals surface area contributed by atoms with Gasteiger partial charge in [0.15, 0.2) is 11.5 Å². The molecule has 5 rings (SSSR count). The van der Waals surface area contributed by atoms with E-state index in [1.54, 1.807) is 18.2 Å². The Labute approximate surface area is 192 Å². The molecule has 1 amide bonds. The SMILES string of the molecule is Cc1cccc(NC(=O)c2ccc(-c3c(-c4ccc(F)cc4)ncn3C3CCCC3)o2)c1C. The molecule has 1 aliphatic rings. The fraction of sp³-hybridized carbons (Fsp3) is 0.259. The standard InChI is InChI=1S/C27H26FN3O2/c1-17-6-5-9-22(18(17)2)30-27(32)24-15-14-23(33-24)26-25(19-10-12-20(28)13-11-19)29-16-31(26)21-7-3-4-8-21/h5-6,9-16,21H,3-4,7-8H2,1-2H3,(H,30,32). The van der Waals surface area contributed by atoms with Crippen LogP contribution in [-0.4, -0.2) is 15.5 Å². The maximum atomic E-state index is 13.5. The van der Waals surface area contributed by atoms with E-state index in [1.165, 1.54) is 25.0 Å². The molecule has 0 spiro atoms. The van der Waals surface area contributed by atoms with E-state index in [-0.39, 0.29) is 17.5 Å². The molecule has 0 bridgehead atoms. The van der Waals surface area contributed by atoms with Crippen LogP contribution in [0.2, 0.25) is 0 Å². The normalized spacial score (nSPS) is 14.0. The summed E-state index contributed by atoms with van der Waals surface area (Å²) in [6, 6.07) is 15.9. The average Bonchev–Trinajstić information content (AvgIpc) is 3.57. The smallest absolute Gasteiger partial charge is 0.291 e. The first-order valence-corrected chi connectivity index (χ1v) is 11.3. The van der Waals surface area contributed by atoms with Crippen LogP contribution in [0.15, 0.2) is 65.3 Å². The number of carbonyl (C=O) groups excluding carboxylic acids is 1. The van der Waals surface area contributed by atoms with E-state index in [4.69, 9.17) is 4.42 Å². The third kappa shape index (κ3) is 4.09. The molecule has 4 aromatic rings. The lowest BCUT2D eigenvalue weighted by molar-refractivity contribution is 0.0997. The van der Waals surface area contributed by atoms with Crippen molar-refractivity contribution in [1.29, 1.82) is 0 Å². The van der Waals surface area contributed by atoms with E-state index in [9.17, 15) is 9.18 Å². The first-order valence-electron chi connectivity index (χ1n) is 11.3. The Morgan fingerprint density at radius 2 is 1.82 bits per heavy atom. The summed E-state index contributed by atoms with van der Waals surface area (Å²) in [5, 5.41) is 2.95. The van der Waals surface area contributed by atoms with E-state index < -0.39 is 0 Å². The van der Waals surface area contributed by atoms with Crippen molar-refractivity contribution in [1.82, 2.24) is 9.55 Å². The summed E-state index contributed by atoms with van der Waals surface area (Å²) in [5.74, 6) is 0.212. The summed E-state index contributed by atoms with van der Waals surface area (Å²) < 4.78 is 21.7. The summed E-state index contributed by atoms with van der Waals surface area (Å²) in [7, 11) is 0. The molecule has 1 N–H and O–H groups in total. The molecule has 0 aliphatic heterocycles. The van der Waals surface area contributed by atoms with E-state index in [0.29, 0.717) is 11.8 Å². The Balaban J connectivity index is 1.51. The number of hydrogen-bond acceptors (Lipinski definition) is 3. The number of furan rings is 1. The molecule has 1 saturated carbocycles. The van der Waals surface area contributed by atoms with Crippen molar-refractivity contribution in [2.45, 2.75) is 45.6 Å². The van der Waals surface area contributed by atoms with Gasteiger partial charge < -0.3 is 14.3 Å². The Bertz CT molecular complexity index is 1300. The molecule has 2 aromatic heterocycles. The number of benzene rings is 2. The number of hydrogen-bond donors (Lipinski definition) is 1. The molecule has 1 aliphatic carbocycles. The number of nitrogens with one attached hydrogen (secondary N) is 1. The van der Waals surface area contributed by atoms with Gasteiger partial charge in [0.05, 0.1) is 12.0 Å². The molecule has 33 heavy (non-hydrogen) atoms. The van der Waals surface area contributed by atoms with Crippen LogP contribution in [0.25, 0.3) is 22.7 Å². The zero-order chi connectivity index (χ0) is 22.9. The monoisotopic (exact) mass is 443 g/mol. The third-order valence-electron chi connectivity index (χ3n) is 6.55. The molecule has 0 atom stereocenters. The Hall–Kier alpha value is -3.67. The molecular weight excluding hydrogens is 417 g/mol. The van der Waals surface area contributed by atoms with E-state index in [2.05, 4.69) is 14.9 Å². The number of aromatic nitrogens is 2. The first kappa shape index (κ1) is 21.2. The van der Waals surface area contributed by atoms with Gasteiger partial charge in [0.25, 0.3) is 5.91 Å². The van der Waals surface area contributed by atoms with Crippen molar-refractivity contribution in [2.75, 3.05) is 5.32 Å². The van der Waals surface area contributed by atoms with E-state index >= 15 is 0 Å².